The van der Waals surface area contributed by atoms with Gasteiger partial charge in [-0.25, -0.2) is 14.8 Å². The third-order valence-electron chi connectivity index (χ3n) is 5.30. The number of urea groups is 1. The minimum Gasteiger partial charge on any atom is -0.356 e. The first-order valence-corrected chi connectivity index (χ1v) is 9.29. The molecule has 6 heteroatoms. The summed E-state index contributed by atoms with van der Waals surface area (Å²) in [5, 5.41) is 0. The van der Waals surface area contributed by atoms with Gasteiger partial charge in [0.05, 0.1) is 18.8 Å². The van der Waals surface area contributed by atoms with E-state index >= 15 is 0 Å². The molecule has 3 heterocycles. The second-order valence-corrected chi connectivity index (χ2v) is 7.38. The molecule has 0 radical (unpaired) electrons. The zero-order chi connectivity index (χ0) is 18.1. The van der Waals surface area contributed by atoms with Gasteiger partial charge >= 0.3 is 6.03 Å². The molecule has 2 aromatic rings. The molecule has 0 saturated carbocycles. The van der Waals surface area contributed by atoms with Crippen molar-refractivity contribution in [3.8, 4) is 0 Å². The number of anilines is 2. The van der Waals surface area contributed by atoms with E-state index in [1.807, 2.05) is 42.3 Å². The Hall–Kier alpha value is -2.63. The van der Waals surface area contributed by atoms with Gasteiger partial charge in [-0.3, -0.25) is 4.90 Å². The lowest BCUT2D eigenvalue weighted by Gasteiger charge is -2.33. The Balaban J connectivity index is 1.75. The first kappa shape index (κ1) is 16.8. The average molecular weight is 351 g/mol. The molecule has 136 valence electrons. The monoisotopic (exact) mass is 351 g/mol. The van der Waals surface area contributed by atoms with Crippen LogP contribution < -0.4 is 9.80 Å². The number of carbonyl (C=O) groups excluding carboxylic acids is 1. The molecule has 2 aliphatic rings. The minimum absolute atomic E-state index is 0.00726. The number of hydrogen-bond acceptors (Lipinski definition) is 4. The van der Waals surface area contributed by atoms with Crippen LogP contribution in [-0.4, -0.2) is 41.0 Å². The van der Waals surface area contributed by atoms with Gasteiger partial charge in [0, 0.05) is 31.4 Å². The zero-order valence-corrected chi connectivity index (χ0v) is 15.4. The first-order chi connectivity index (χ1) is 12.6. The lowest BCUT2D eigenvalue weighted by atomic mass is 9.99. The highest BCUT2D eigenvalue weighted by Crippen LogP contribution is 2.31. The van der Waals surface area contributed by atoms with Gasteiger partial charge in [0.2, 0.25) is 0 Å². The molecular formula is C20H25N5O. The van der Waals surface area contributed by atoms with Gasteiger partial charge in [-0.2, -0.15) is 0 Å². The molecule has 1 saturated heterocycles. The summed E-state index contributed by atoms with van der Waals surface area (Å²) in [5.41, 5.74) is 2.92. The van der Waals surface area contributed by atoms with E-state index in [1.54, 1.807) is 11.2 Å². The van der Waals surface area contributed by atoms with Crippen molar-refractivity contribution < 1.29 is 4.79 Å². The largest absolute Gasteiger partial charge is 0.356 e. The number of fused-ring (bicyclic) bond motifs is 1. The lowest BCUT2D eigenvalue weighted by molar-refractivity contribution is 0.214. The number of amides is 2. The predicted molar refractivity (Wildman–Crippen MR) is 102 cm³/mol. The molecule has 1 aromatic carbocycles. The van der Waals surface area contributed by atoms with E-state index in [0.717, 1.165) is 35.9 Å². The SMILES string of the molecule is CC1CCCN(c2ncnc3c2CN(c2ccccc2)C(=O)N(C)C3)C1. The summed E-state index contributed by atoms with van der Waals surface area (Å²) in [6, 6.07) is 9.83. The maximum absolute atomic E-state index is 12.9. The minimum atomic E-state index is -0.00726. The maximum Gasteiger partial charge on any atom is 0.324 e. The van der Waals surface area contributed by atoms with Gasteiger partial charge < -0.3 is 9.80 Å². The van der Waals surface area contributed by atoms with Crippen molar-refractivity contribution in [1.29, 1.82) is 0 Å². The Morgan fingerprint density at radius 1 is 1.12 bits per heavy atom. The lowest BCUT2D eigenvalue weighted by Crippen LogP contribution is -2.39. The Kier molecular flexibility index (Phi) is 4.49. The Morgan fingerprint density at radius 2 is 1.92 bits per heavy atom. The van der Waals surface area contributed by atoms with Crippen LogP contribution in [0.3, 0.4) is 0 Å². The average Bonchev–Trinajstić information content (AvgIpc) is 2.79. The first-order valence-electron chi connectivity index (χ1n) is 9.29. The summed E-state index contributed by atoms with van der Waals surface area (Å²) in [5.74, 6) is 1.65. The molecule has 4 rings (SSSR count). The van der Waals surface area contributed by atoms with Crippen LogP contribution in [0.4, 0.5) is 16.3 Å². The fourth-order valence-electron chi connectivity index (χ4n) is 3.92. The number of piperidine rings is 1. The Morgan fingerprint density at radius 3 is 2.69 bits per heavy atom. The second-order valence-electron chi connectivity index (χ2n) is 7.38. The van der Waals surface area contributed by atoms with Crippen LogP contribution >= 0.6 is 0 Å². The molecule has 2 aliphatic heterocycles. The van der Waals surface area contributed by atoms with Crippen molar-refractivity contribution in [3.63, 3.8) is 0 Å². The van der Waals surface area contributed by atoms with Crippen molar-refractivity contribution in [2.45, 2.75) is 32.9 Å². The van der Waals surface area contributed by atoms with E-state index in [-0.39, 0.29) is 6.03 Å². The van der Waals surface area contributed by atoms with Crippen LogP contribution in [0.2, 0.25) is 0 Å². The van der Waals surface area contributed by atoms with Crippen molar-refractivity contribution in [3.05, 3.63) is 47.9 Å². The summed E-state index contributed by atoms with van der Waals surface area (Å²) in [4.78, 5) is 28.0. The van der Waals surface area contributed by atoms with E-state index in [9.17, 15) is 4.79 Å². The van der Waals surface area contributed by atoms with Crippen molar-refractivity contribution in [2.24, 2.45) is 5.92 Å². The van der Waals surface area contributed by atoms with Gasteiger partial charge in [-0.1, -0.05) is 25.1 Å². The van der Waals surface area contributed by atoms with Crippen LogP contribution in [0.15, 0.2) is 36.7 Å². The topological polar surface area (TPSA) is 52.6 Å². The molecule has 0 bridgehead atoms. The summed E-state index contributed by atoms with van der Waals surface area (Å²) in [6.45, 7) is 5.33. The Bertz CT molecular complexity index is 794. The van der Waals surface area contributed by atoms with Crippen LogP contribution in [-0.2, 0) is 13.1 Å². The van der Waals surface area contributed by atoms with E-state index in [1.165, 1.54) is 12.8 Å². The van der Waals surface area contributed by atoms with Gasteiger partial charge in [-0.15, -0.1) is 0 Å². The number of carbonyl (C=O) groups is 1. The summed E-state index contributed by atoms with van der Waals surface area (Å²) < 4.78 is 0. The molecule has 0 aliphatic carbocycles. The fourth-order valence-corrected chi connectivity index (χ4v) is 3.92. The molecular weight excluding hydrogens is 326 g/mol. The fraction of sp³-hybridized carbons (Fsp3) is 0.450. The van der Waals surface area contributed by atoms with E-state index in [0.29, 0.717) is 19.0 Å². The van der Waals surface area contributed by atoms with Crippen LogP contribution in [0, 0.1) is 5.92 Å². The van der Waals surface area contributed by atoms with Crippen molar-refractivity contribution in [1.82, 2.24) is 14.9 Å². The maximum atomic E-state index is 12.9. The van der Waals surface area contributed by atoms with Crippen molar-refractivity contribution >= 4 is 17.5 Å². The second kappa shape index (κ2) is 6.94. The number of para-hydroxylation sites is 1. The number of benzene rings is 1. The number of rotatable bonds is 2. The number of hydrogen-bond donors (Lipinski definition) is 0. The van der Waals surface area contributed by atoms with Crippen LogP contribution in [0.1, 0.15) is 31.0 Å². The smallest absolute Gasteiger partial charge is 0.324 e. The number of aromatic nitrogens is 2. The van der Waals surface area contributed by atoms with E-state index in [2.05, 4.69) is 21.8 Å². The third-order valence-corrected chi connectivity index (χ3v) is 5.30. The Labute approximate surface area is 154 Å². The summed E-state index contributed by atoms with van der Waals surface area (Å²) in [6.07, 6.45) is 4.09. The van der Waals surface area contributed by atoms with Crippen LogP contribution in [0.5, 0.6) is 0 Å². The molecule has 1 aromatic heterocycles. The summed E-state index contributed by atoms with van der Waals surface area (Å²) in [7, 11) is 1.83. The van der Waals surface area contributed by atoms with Crippen LogP contribution in [0.25, 0.3) is 0 Å². The summed E-state index contributed by atoms with van der Waals surface area (Å²) >= 11 is 0. The standard InChI is InChI=1S/C20H25N5O/c1-15-7-6-10-24(11-15)19-17-12-25(16-8-4-3-5-9-16)20(26)23(2)13-18(17)21-14-22-19/h3-5,8-9,14-15H,6-7,10-13H2,1-2H3. The molecule has 26 heavy (non-hydrogen) atoms. The predicted octanol–water partition coefficient (Wildman–Crippen LogP) is 3.28. The molecule has 6 nitrogen and oxygen atoms in total. The zero-order valence-electron chi connectivity index (χ0n) is 15.4. The molecule has 2 amide bonds. The highest BCUT2D eigenvalue weighted by molar-refractivity contribution is 5.92. The quantitative estimate of drug-likeness (QED) is 0.833. The van der Waals surface area contributed by atoms with Gasteiger partial charge in [-0.05, 0) is 30.9 Å². The van der Waals surface area contributed by atoms with Gasteiger partial charge in [0.25, 0.3) is 0 Å². The van der Waals surface area contributed by atoms with Crippen molar-refractivity contribution in [2.75, 3.05) is 29.9 Å². The molecule has 1 atom stereocenters. The van der Waals surface area contributed by atoms with Gasteiger partial charge in [0.15, 0.2) is 0 Å². The molecule has 1 fully saturated rings. The van der Waals surface area contributed by atoms with E-state index < -0.39 is 0 Å². The number of nitrogens with zero attached hydrogens (tertiary/aromatic N) is 5. The molecule has 1 unspecified atom stereocenters. The van der Waals surface area contributed by atoms with E-state index in [4.69, 9.17) is 0 Å². The molecule has 0 N–H and O–H groups in total. The normalized spacial score (nSPS) is 20.8. The highest BCUT2D eigenvalue weighted by atomic mass is 16.2. The highest BCUT2D eigenvalue weighted by Gasteiger charge is 2.30. The third kappa shape index (κ3) is 3.11. The molecule has 0 spiro atoms. The van der Waals surface area contributed by atoms with Gasteiger partial charge in [0.1, 0.15) is 12.1 Å².